The van der Waals surface area contributed by atoms with Gasteiger partial charge in [0, 0.05) is 12.8 Å². The van der Waals surface area contributed by atoms with Gasteiger partial charge in [-0.3, -0.25) is 14.2 Å². The van der Waals surface area contributed by atoms with Gasteiger partial charge in [0.1, 0.15) is 23.7 Å². The largest absolute Gasteiger partial charge is 0.319 e. The molecule has 6 aromatic carbocycles. The fourth-order valence-corrected chi connectivity index (χ4v) is 8.31. The molecule has 0 radical (unpaired) electrons. The van der Waals surface area contributed by atoms with Crippen LogP contribution in [0.1, 0.15) is 67.5 Å². The highest BCUT2D eigenvalue weighted by Gasteiger charge is 2.41. The predicted octanol–water partition coefficient (Wildman–Crippen LogP) is 8.82. The first-order chi connectivity index (χ1) is 29.5. The number of aromatic nitrogens is 6. The smallest absolute Gasteiger partial charge is 0.310 e. The zero-order valence-corrected chi connectivity index (χ0v) is 33.5. The van der Waals surface area contributed by atoms with Gasteiger partial charge in [-0.2, -0.15) is 0 Å². The second kappa shape index (κ2) is 18.3. The lowest BCUT2D eigenvalue weighted by Gasteiger charge is -2.35. The third kappa shape index (κ3) is 7.94. The van der Waals surface area contributed by atoms with E-state index in [1.54, 1.807) is 22.0 Å². The number of benzene rings is 6. The average Bonchev–Trinajstić information content (AvgIpc) is 4.02. The molecule has 8 rings (SSSR count). The molecule has 0 N–H and O–H groups in total. The van der Waals surface area contributed by atoms with Gasteiger partial charge in [0.15, 0.2) is 0 Å². The molecule has 0 saturated heterocycles. The van der Waals surface area contributed by atoms with Crippen LogP contribution < -0.4 is 0 Å². The number of carbonyl (C=O) groups is 2. The molecular weight excluding hydrogens is 772 g/mol. The lowest BCUT2D eigenvalue weighted by atomic mass is 9.77. The van der Waals surface area contributed by atoms with E-state index in [1.165, 1.54) is 0 Å². The second-order valence-electron chi connectivity index (χ2n) is 13.9. The summed E-state index contributed by atoms with van der Waals surface area (Å²) in [4.78, 5) is 35.6. The molecule has 0 amide bonds. The molecule has 0 atom stereocenters. The highest BCUT2D eigenvalue weighted by atomic mass is 31.1. The van der Waals surface area contributed by atoms with Crippen LogP contribution in [0.2, 0.25) is 0 Å². The third-order valence-corrected chi connectivity index (χ3v) is 11.3. The van der Waals surface area contributed by atoms with Crippen molar-refractivity contribution in [2.45, 2.75) is 23.9 Å². The number of nitrogens with zero attached hydrogens (tertiary/aromatic N) is 6. The lowest BCUT2D eigenvalue weighted by Crippen LogP contribution is -2.38. The van der Waals surface area contributed by atoms with Crippen molar-refractivity contribution in [2.75, 3.05) is 13.2 Å². The minimum absolute atomic E-state index is 0.000275. The summed E-state index contributed by atoms with van der Waals surface area (Å²) in [6.07, 6.45) is 2.86. The molecule has 12 heteroatoms. The number of rotatable bonds is 18. The van der Waals surface area contributed by atoms with Crippen molar-refractivity contribution in [3.05, 3.63) is 240 Å². The predicted molar refractivity (Wildman–Crippen MR) is 228 cm³/mol. The van der Waals surface area contributed by atoms with Gasteiger partial charge in [-0.15, -0.1) is 10.2 Å². The Hall–Kier alpha value is -6.91. The standard InChI is InChI=1S/C48H41N6O5P/c55-43(45-49-35-53(51-45)47(37-19-7-1-8-20-37,38-21-9-2-10-22-38)39-23-11-3-12-24-39)31-33-58-60(57)59-34-32-44(56)46-50-36-54(52-46)48(40-25-13-4-14-26-40,41-27-15-5-16-28-41)42-29-17-6-18-30-42/h1-30,35-36,60H,31-34H2. The van der Waals surface area contributed by atoms with Gasteiger partial charge >= 0.3 is 8.25 Å². The molecule has 0 saturated carbocycles. The first-order valence-corrected chi connectivity index (χ1v) is 20.8. The molecule has 0 aliphatic heterocycles. The molecule has 0 unspecified atom stereocenters. The normalized spacial score (nSPS) is 11.8. The molecule has 11 nitrogen and oxygen atoms in total. The highest BCUT2D eigenvalue weighted by molar-refractivity contribution is 7.33. The zero-order valence-electron chi connectivity index (χ0n) is 32.5. The number of Topliss-reactive ketones (excluding diaryl/α,β-unsaturated/α-hetero) is 2. The molecular formula is C48H41N6O5P. The van der Waals surface area contributed by atoms with E-state index >= 15 is 0 Å². The summed E-state index contributed by atoms with van der Waals surface area (Å²) in [7, 11) is -3.04. The van der Waals surface area contributed by atoms with Crippen LogP contribution in [0.4, 0.5) is 0 Å². The van der Waals surface area contributed by atoms with E-state index in [0.717, 1.165) is 33.4 Å². The van der Waals surface area contributed by atoms with Gasteiger partial charge in [-0.05, 0) is 33.4 Å². The van der Waals surface area contributed by atoms with Gasteiger partial charge in [0.25, 0.3) is 0 Å². The van der Waals surface area contributed by atoms with Crippen molar-refractivity contribution >= 4 is 19.8 Å². The van der Waals surface area contributed by atoms with Gasteiger partial charge in [-0.1, -0.05) is 182 Å². The van der Waals surface area contributed by atoms with Crippen LogP contribution in [0.5, 0.6) is 0 Å². The Bertz CT molecular complexity index is 2280. The Kier molecular flexibility index (Phi) is 12.2. The maximum Gasteiger partial charge on any atom is 0.319 e. The van der Waals surface area contributed by atoms with Crippen LogP contribution in [-0.4, -0.2) is 54.3 Å². The maximum absolute atomic E-state index is 13.4. The van der Waals surface area contributed by atoms with Gasteiger partial charge in [0.2, 0.25) is 23.2 Å². The molecule has 0 aliphatic carbocycles. The average molecular weight is 813 g/mol. The Labute approximate surface area is 348 Å². The summed E-state index contributed by atoms with van der Waals surface area (Å²) in [5.74, 6) is -0.776. The maximum atomic E-state index is 13.4. The quantitative estimate of drug-likeness (QED) is 0.0474. The van der Waals surface area contributed by atoms with Gasteiger partial charge in [-0.25, -0.2) is 19.3 Å². The molecule has 60 heavy (non-hydrogen) atoms. The van der Waals surface area contributed by atoms with Gasteiger partial charge in [0.05, 0.1) is 13.2 Å². The number of ketones is 2. The van der Waals surface area contributed by atoms with Crippen molar-refractivity contribution in [3.8, 4) is 0 Å². The van der Waals surface area contributed by atoms with E-state index in [-0.39, 0.29) is 49.3 Å². The Morgan fingerprint density at radius 1 is 0.433 bits per heavy atom. The molecule has 0 bridgehead atoms. The molecule has 0 fully saturated rings. The molecule has 8 aromatic rings. The Morgan fingerprint density at radius 2 is 0.683 bits per heavy atom. The molecule has 2 aromatic heterocycles. The Balaban J connectivity index is 0.914. The van der Waals surface area contributed by atoms with Crippen molar-refractivity contribution in [3.63, 3.8) is 0 Å². The summed E-state index contributed by atoms with van der Waals surface area (Å²) in [5.41, 5.74) is 3.77. The third-order valence-electron chi connectivity index (χ3n) is 10.4. The minimum Gasteiger partial charge on any atom is -0.310 e. The number of hydrogen-bond acceptors (Lipinski definition) is 9. The van der Waals surface area contributed by atoms with E-state index in [0.29, 0.717) is 0 Å². The molecule has 0 aliphatic rings. The summed E-state index contributed by atoms with van der Waals surface area (Å²) in [5, 5.41) is 9.45. The van der Waals surface area contributed by atoms with Crippen molar-refractivity contribution in [1.29, 1.82) is 0 Å². The van der Waals surface area contributed by atoms with Crippen molar-refractivity contribution in [2.24, 2.45) is 0 Å². The number of hydrogen-bond donors (Lipinski definition) is 0. The summed E-state index contributed by atoms with van der Waals surface area (Å²) in [6, 6.07) is 59.7. The fourth-order valence-electron chi connectivity index (χ4n) is 7.69. The van der Waals surface area contributed by atoms with Gasteiger partial charge < -0.3 is 9.05 Å². The summed E-state index contributed by atoms with van der Waals surface area (Å²) >= 11 is 0. The SMILES string of the molecule is O=C(CCO[PH](=O)OCCC(=O)c1ncn(C(c2ccccc2)(c2ccccc2)c2ccccc2)n1)c1ncn(C(c2ccccc2)(c2ccccc2)c2ccccc2)n1. The zero-order chi connectivity index (χ0) is 41.2. The second-order valence-corrected chi connectivity index (χ2v) is 15.0. The fraction of sp³-hybridized carbons (Fsp3) is 0.125. The van der Waals surface area contributed by atoms with Crippen molar-refractivity contribution in [1.82, 2.24) is 29.5 Å². The van der Waals surface area contributed by atoms with E-state index in [1.807, 2.05) is 182 Å². The molecule has 0 spiro atoms. The summed E-state index contributed by atoms with van der Waals surface area (Å²) < 4.78 is 27.0. The lowest BCUT2D eigenvalue weighted by molar-refractivity contribution is 0.0943. The summed E-state index contributed by atoms with van der Waals surface area (Å²) in [6.45, 7) is -0.375. The van der Waals surface area contributed by atoms with Crippen LogP contribution in [-0.2, 0) is 24.7 Å². The van der Waals surface area contributed by atoms with Crippen LogP contribution >= 0.6 is 8.25 Å². The van der Waals surface area contributed by atoms with Crippen LogP contribution in [0.15, 0.2) is 195 Å². The van der Waals surface area contributed by atoms with Crippen molar-refractivity contribution < 1.29 is 23.2 Å². The van der Waals surface area contributed by atoms with E-state index < -0.39 is 19.3 Å². The van der Waals surface area contributed by atoms with Crippen LogP contribution in [0.3, 0.4) is 0 Å². The van der Waals surface area contributed by atoms with Crippen LogP contribution in [0.25, 0.3) is 0 Å². The first kappa shape index (κ1) is 39.9. The van der Waals surface area contributed by atoms with E-state index in [2.05, 4.69) is 9.97 Å². The highest BCUT2D eigenvalue weighted by Crippen LogP contribution is 2.41. The van der Waals surface area contributed by atoms with Crippen LogP contribution in [0, 0.1) is 0 Å². The monoisotopic (exact) mass is 812 g/mol. The Morgan fingerprint density at radius 3 is 0.933 bits per heavy atom. The van der Waals surface area contributed by atoms with E-state index in [4.69, 9.17) is 19.2 Å². The first-order valence-electron chi connectivity index (χ1n) is 19.5. The number of carbonyl (C=O) groups excluding carboxylic acids is 2. The molecule has 298 valence electrons. The minimum atomic E-state index is -3.04. The topological polar surface area (TPSA) is 131 Å². The van der Waals surface area contributed by atoms with E-state index in [9.17, 15) is 14.2 Å². The molecule has 2 heterocycles.